The molecule has 5 heteroatoms. The third kappa shape index (κ3) is 9.65. The minimum Gasteiger partial charge on any atom is -0.508 e. The van der Waals surface area contributed by atoms with Crippen molar-refractivity contribution >= 4 is 5.97 Å². The smallest absolute Gasteiger partial charge is 0.338 e. The number of para-hydroxylation sites is 1. The molecule has 3 rings (SSSR count). The molecule has 0 unspecified atom stereocenters. The molecular formula is C31H38O5. The zero-order valence-electron chi connectivity index (χ0n) is 21.0. The Bertz CT molecular complexity index is 1030. The minimum absolute atomic E-state index is 0.153. The van der Waals surface area contributed by atoms with Gasteiger partial charge in [-0.3, -0.25) is 0 Å². The van der Waals surface area contributed by atoms with Crippen LogP contribution in [0.5, 0.6) is 17.2 Å². The molecule has 0 amide bonds. The maximum Gasteiger partial charge on any atom is 0.338 e. The van der Waals surface area contributed by atoms with Crippen molar-refractivity contribution in [1.82, 2.24) is 0 Å². The molecule has 0 heterocycles. The van der Waals surface area contributed by atoms with Crippen LogP contribution in [0.25, 0.3) is 11.1 Å². The number of esters is 1. The Morgan fingerprint density at radius 2 is 1.14 bits per heavy atom. The molecule has 36 heavy (non-hydrogen) atoms. The number of rotatable bonds is 16. The topological polar surface area (TPSA) is 76.0 Å². The van der Waals surface area contributed by atoms with Gasteiger partial charge >= 0.3 is 5.97 Å². The van der Waals surface area contributed by atoms with E-state index in [0.29, 0.717) is 6.61 Å². The van der Waals surface area contributed by atoms with E-state index in [9.17, 15) is 15.0 Å². The summed E-state index contributed by atoms with van der Waals surface area (Å²) in [6.45, 7) is 1.11. The molecule has 0 radical (unpaired) electrons. The van der Waals surface area contributed by atoms with Gasteiger partial charge in [0.25, 0.3) is 0 Å². The van der Waals surface area contributed by atoms with Gasteiger partial charge in [0.05, 0.1) is 18.8 Å². The molecule has 0 aliphatic heterocycles. The standard InChI is InChI=1S/C31H38O5/c32-27-22-26(23-28(33)24-27)31(34)36-21-15-8-6-4-2-1-3-5-7-14-20-35-30-19-13-12-18-29(30)25-16-10-9-11-17-25/h9-13,16-19,22-24,32-33H,1-8,14-15,20-21H2. The van der Waals surface area contributed by atoms with Crippen LogP contribution in [0.4, 0.5) is 0 Å². The second kappa shape index (κ2) is 15.5. The molecule has 0 spiro atoms. The third-order valence-electron chi connectivity index (χ3n) is 6.14. The predicted octanol–water partition coefficient (Wildman–Crippen LogP) is 7.90. The van der Waals surface area contributed by atoms with Gasteiger partial charge in [-0.1, -0.05) is 99.9 Å². The largest absolute Gasteiger partial charge is 0.508 e. The van der Waals surface area contributed by atoms with Crippen LogP contribution < -0.4 is 4.74 Å². The fourth-order valence-electron chi connectivity index (χ4n) is 4.21. The maximum absolute atomic E-state index is 11.9. The Hall–Kier alpha value is -3.47. The summed E-state index contributed by atoms with van der Waals surface area (Å²) in [5, 5.41) is 18.9. The summed E-state index contributed by atoms with van der Waals surface area (Å²) in [6, 6.07) is 22.4. The van der Waals surface area contributed by atoms with E-state index in [1.165, 1.54) is 62.3 Å². The Kier molecular flexibility index (Phi) is 11.7. The van der Waals surface area contributed by atoms with Crippen LogP contribution >= 0.6 is 0 Å². The highest BCUT2D eigenvalue weighted by Crippen LogP contribution is 2.29. The van der Waals surface area contributed by atoms with Crippen molar-refractivity contribution in [2.75, 3.05) is 13.2 Å². The first-order valence-corrected chi connectivity index (χ1v) is 13.1. The average Bonchev–Trinajstić information content (AvgIpc) is 2.89. The van der Waals surface area contributed by atoms with E-state index >= 15 is 0 Å². The second-order valence-electron chi connectivity index (χ2n) is 9.12. The van der Waals surface area contributed by atoms with E-state index in [0.717, 1.165) is 43.6 Å². The van der Waals surface area contributed by atoms with Crippen molar-refractivity contribution in [3.8, 4) is 28.4 Å². The van der Waals surface area contributed by atoms with Crippen LogP contribution in [0.2, 0.25) is 0 Å². The van der Waals surface area contributed by atoms with E-state index in [2.05, 4.69) is 36.4 Å². The van der Waals surface area contributed by atoms with Crippen LogP contribution in [-0.2, 0) is 4.74 Å². The molecule has 0 fully saturated rings. The minimum atomic E-state index is -0.521. The van der Waals surface area contributed by atoms with E-state index in [4.69, 9.17) is 9.47 Å². The van der Waals surface area contributed by atoms with Crippen LogP contribution in [-0.4, -0.2) is 29.4 Å². The molecule has 0 aliphatic rings. The van der Waals surface area contributed by atoms with Crippen LogP contribution in [0.3, 0.4) is 0 Å². The highest BCUT2D eigenvalue weighted by molar-refractivity contribution is 5.90. The normalized spacial score (nSPS) is 10.8. The fraction of sp³-hybridized carbons (Fsp3) is 0.387. The van der Waals surface area contributed by atoms with Gasteiger partial charge in [0.2, 0.25) is 0 Å². The number of phenolic OH excluding ortho intramolecular Hbond substituents is 2. The number of aromatic hydroxyl groups is 2. The summed E-state index contributed by atoms with van der Waals surface area (Å²) < 4.78 is 11.3. The Balaban J connectivity index is 1.14. The average molecular weight is 491 g/mol. The Morgan fingerprint density at radius 1 is 0.611 bits per heavy atom. The highest BCUT2D eigenvalue weighted by Gasteiger charge is 2.10. The molecule has 0 bridgehead atoms. The molecule has 0 aliphatic carbocycles. The van der Waals surface area contributed by atoms with Gasteiger partial charge in [0, 0.05) is 11.6 Å². The second-order valence-corrected chi connectivity index (χ2v) is 9.12. The van der Waals surface area contributed by atoms with E-state index < -0.39 is 5.97 Å². The van der Waals surface area contributed by atoms with Gasteiger partial charge < -0.3 is 19.7 Å². The Morgan fingerprint density at radius 3 is 1.78 bits per heavy atom. The van der Waals surface area contributed by atoms with Crippen LogP contribution in [0.1, 0.15) is 74.6 Å². The fourth-order valence-corrected chi connectivity index (χ4v) is 4.21. The summed E-state index contributed by atoms with van der Waals surface area (Å²) in [7, 11) is 0. The van der Waals surface area contributed by atoms with Crippen molar-refractivity contribution < 1.29 is 24.5 Å². The lowest BCUT2D eigenvalue weighted by molar-refractivity contribution is 0.0496. The number of phenols is 2. The SMILES string of the molecule is O=C(OCCCCCCCCCCCCOc1ccccc1-c1ccccc1)c1cc(O)cc(O)c1. The number of carbonyl (C=O) groups excluding carboxylic acids is 1. The first kappa shape index (κ1) is 27.1. The molecule has 3 aromatic carbocycles. The zero-order chi connectivity index (χ0) is 25.4. The molecule has 2 N–H and O–H groups in total. The summed E-state index contributed by atoms with van der Waals surface area (Å²) in [5.74, 6) is 0.129. The van der Waals surface area contributed by atoms with Gasteiger partial charge in [0.15, 0.2) is 0 Å². The molecule has 0 aromatic heterocycles. The molecular weight excluding hydrogens is 452 g/mol. The lowest BCUT2D eigenvalue weighted by atomic mass is 10.0. The number of unbranched alkanes of at least 4 members (excludes halogenated alkanes) is 9. The monoisotopic (exact) mass is 490 g/mol. The van der Waals surface area contributed by atoms with E-state index in [1.54, 1.807) is 0 Å². The number of hydrogen-bond acceptors (Lipinski definition) is 5. The van der Waals surface area contributed by atoms with Crippen molar-refractivity contribution in [2.24, 2.45) is 0 Å². The van der Waals surface area contributed by atoms with E-state index in [-0.39, 0.29) is 17.1 Å². The molecule has 0 saturated heterocycles. The first-order chi connectivity index (χ1) is 17.6. The van der Waals surface area contributed by atoms with Crippen molar-refractivity contribution in [3.63, 3.8) is 0 Å². The van der Waals surface area contributed by atoms with Gasteiger partial charge in [-0.2, -0.15) is 0 Å². The lowest BCUT2D eigenvalue weighted by Gasteiger charge is -2.11. The van der Waals surface area contributed by atoms with E-state index in [1.807, 2.05) is 18.2 Å². The van der Waals surface area contributed by atoms with Gasteiger partial charge in [-0.15, -0.1) is 0 Å². The summed E-state index contributed by atoms with van der Waals surface area (Å²) >= 11 is 0. The number of ether oxygens (including phenoxy) is 2. The van der Waals surface area contributed by atoms with Gasteiger partial charge in [-0.25, -0.2) is 4.79 Å². The van der Waals surface area contributed by atoms with Crippen molar-refractivity contribution in [1.29, 1.82) is 0 Å². The highest BCUT2D eigenvalue weighted by atomic mass is 16.5. The van der Waals surface area contributed by atoms with Crippen molar-refractivity contribution in [2.45, 2.75) is 64.2 Å². The third-order valence-corrected chi connectivity index (χ3v) is 6.14. The number of carbonyl (C=O) groups is 1. The molecule has 0 saturated carbocycles. The summed E-state index contributed by atoms with van der Waals surface area (Å²) in [6.07, 6.45) is 11.5. The van der Waals surface area contributed by atoms with Gasteiger partial charge in [0.1, 0.15) is 17.2 Å². The number of hydrogen-bond donors (Lipinski definition) is 2. The number of benzene rings is 3. The van der Waals surface area contributed by atoms with Crippen LogP contribution in [0, 0.1) is 0 Å². The molecule has 0 atom stereocenters. The lowest BCUT2D eigenvalue weighted by Crippen LogP contribution is -2.06. The quantitative estimate of drug-likeness (QED) is 0.158. The first-order valence-electron chi connectivity index (χ1n) is 13.1. The van der Waals surface area contributed by atoms with Crippen molar-refractivity contribution in [3.05, 3.63) is 78.4 Å². The zero-order valence-corrected chi connectivity index (χ0v) is 21.0. The maximum atomic E-state index is 11.9. The molecule has 5 nitrogen and oxygen atoms in total. The Labute approximate surface area is 214 Å². The predicted molar refractivity (Wildman–Crippen MR) is 144 cm³/mol. The van der Waals surface area contributed by atoms with Gasteiger partial charge in [-0.05, 0) is 36.6 Å². The molecule has 3 aromatic rings. The molecule has 192 valence electrons. The van der Waals surface area contributed by atoms with Crippen LogP contribution in [0.15, 0.2) is 72.8 Å². The summed E-state index contributed by atoms with van der Waals surface area (Å²) in [5.41, 5.74) is 2.49. The summed E-state index contributed by atoms with van der Waals surface area (Å²) in [4.78, 5) is 11.9.